The zero-order valence-electron chi connectivity index (χ0n) is 15.0. The largest absolute Gasteiger partial charge is 0.476 e. The van der Waals surface area contributed by atoms with Crippen molar-refractivity contribution in [2.45, 2.75) is 19.4 Å². The third-order valence-corrected chi connectivity index (χ3v) is 4.78. The number of rotatable bonds is 5. The highest BCUT2D eigenvalue weighted by atomic mass is 16.4. The first-order valence-corrected chi connectivity index (χ1v) is 9.00. The summed E-state index contributed by atoms with van der Waals surface area (Å²) in [6.45, 7) is 1.73. The molecule has 0 bridgehead atoms. The molecule has 1 N–H and O–H groups in total. The van der Waals surface area contributed by atoms with E-state index in [0.29, 0.717) is 25.3 Å². The van der Waals surface area contributed by atoms with Crippen molar-refractivity contribution < 1.29 is 14.7 Å². The molecule has 0 saturated carbocycles. The molecule has 1 aliphatic heterocycles. The summed E-state index contributed by atoms with van der Waals surface area (Å²) in [4.78, 5) is 25.8. The van der Waals surface area contributed by atoms with Crippen LogP contribution in [0.25, 0.3) is 5.69 Å². The van der Waals surface area contributed by atoms with Gasteiger partial charge in [0.15, 0.2) is 11.4 Å². The van der Waals surface area contributed by atoms with E-state index in [2.05, 4.69) is 20.6 Å². The Morgan fingerprint density at radius 3 is 2.75 bits per heavy atom. The second kappa shape index (κ2) is 7.59. The fourth-order valence-electron chi connectivity index (χ4n) is 3.45. The van der Waals surface area contributed by atoms with Gasteiger partial charge in [0.05, 0.1) is 18.1 Å². The van der Waals surface area contributed by atoms with Crippen LogP contribution in [0.3, 0.4) is 0 Å². The molecule has 28 heavy (non-hydrogen) atoms. The van der Waals surface area contributed by atoms with Crippen LogP contribution in [0, 0.1) is 5.92 Å². The second-order valence-corrected chi connectivity index (χ2v) is 6.76. The van der Waals surface area contributed by atoms with Gasteiger partial charge in [0.2, 0.25) is 0 Å². The molecule has 144 valence electrons. The number of aromatic nitrogens is 6. The van der Waals surface area contributed by atoms with Gasteiger partial charge < -0.3 is 10.0 Å². The van der Waals surface area contributed by atoms with Crippen molar-refractivity contribution >= 4 is 11.9 Å². The van der Waals surface area contributed by atoms with E-state index in [1.807, 2.05) is 30.3 Å². The lowest BCUT2D eigenvalue weighted by molar-refractivity contribution is 0.0649. The van der Waals surface area contributed by atoms with Gasteiger partial charge in [-0.15, -0.1) is 10.2 Å². The van der Waals surface area contributed by atoms with E-state index in [-0.39, 0.29) is 17.5 Å². The van der Waals surface area contributed by atoms with Crippen LogP contribution in [0.15, 0.2) is 42.7 Å². The summed E-state index contributed by atoms with van der Waals surface area (Å²) < 4.78 is 3.07. The standard InChI is InChI=1S/C18H19N7O3/c26-17(16-9-19-21-25(16)14-6-2-1-3-7-14)23-8-4-5-13(10-23)11-24-12-15(18(27)28)20-22-24/h1-3,6-7,9,12-13H,4-5,8,10-11H2,(H,27,28)/t13-/m1/s1. The lowest BCUT2D eigenvalue weighted by atomic mass is 9.98. The van der Waals surface area contributed by atoms with E-state index >= 15 is 0 Å². The SMILES string of the molecule is O=C(O)c1cn(C[C@@H]2CCCN(C(=O)c3cnnn3-c3ccccc3)C2)nn1. The van der Waals surface area contributed by atoms with Crippen LogP contribution >= 0.6 is 0 Å². The first kappa shape index (κ1) is 17.8. The number of nitrogens with zero attached hydrogens (tertiary/aromatic N) is 7. The Kier molecular flexibility index (Phi) is 4.83. The summed E-state index contributed by atoms with van der Waals surface area (Å²) in [5, 5.41) is 24.4. The van der Waals surface area contributed by atoms with Gasteiger partial charge in [0, 0.05) is 19.6 Å². The van der Waals surface area contributed by atoms with Crippen molar-refractivity contribution in [3.05, 3.63) is 54.1 Å². The lowest BCUT2D eigenvalue weighted by Gasteiger charge is -2.32. The third kappa shape index (κ3) is 3.61. The molecule has 2 aromatic heterocycles. The number of carbonyl (C=O) groups is 2. The van der Waals surface area contributed by atoms with Crippen molar-refractivity contribution in [2.24, 2.45) is 5.92 Å². The van der Waals surface area contributed by atoms with Crippen LogP contribution in [0.1, 0.15) is 33.8 Å². The number of benzene rings is 1. The highest BCUT2D eigenvalue weighted by molar-refractivity contribution is 5.92. The van der Waals surface area contributed by atoms with E-state index in [1.165, 1.54) is 17.1 Å². The topological polar surface area (TPSA) is 119 Å². The third-order valence-electron chi connectivity index (χ3n) is 4.78. The maximum Gasteiger partial charge on any atom is 0.358 e. The molecular weight excluding hydrogens is 362 g/mol. The Hall–Kier alpha value is -3.56. The molecule has 10 heteroatoms. The molecule has 1 saturated heterocycles. The highest BCUT2D eigenvalue weighted by Crippen LogP contribution is 2.21. The Morgan fingerprint density at radius 2 is 2.00 bits per heavy atom. The minimum Gasteiger partial charge on any atom is -0.476 e. The van der Waals surface area contributed by atoms with E-state index in [4.69, 9.17) is 5.11 Å². The van der Waals surface area contributed by atoms with Crippen molar-refractivity contribution in [3.8, 4) is 5.69 Å². The molecule has 0 radical (unpaired) electrons. The van der Waals surface area contributed by atoms with Crippen molar-refractivity contribution in [1.29, 1.82) is 0 Å². The minimum absolute atomic E-state index is 0.0819. The molecule has 1 atom stereocenters. The lowest BCUT2D eigenvalue weighted by Crippen LogP contribution is -2.41. The maximum atomic E-state index is 13.1. The summed E-state index contributed by atoms with van der Waals surface area (Å²) in [7, 11) is 0. The van der Waals surface area contributed by atoms with Gasteiger partial charge in [-0.3, -0.25) is 9.48 Å². The van der Waals surface area contributed by atoms with Gasteiger partial charge in [0.1, 0.15) is 0 Å². The number of aromatic carboxylic acids is 1. The van der Waals surface area contributed by atoms with E-state index in [1.54, 1.807) is 9.58 Å². The van der Waals surface area contributed by atoms with Gasteiger partial charge >= 0.3 is 5.97 Å². The second-order valence-electron chi connectivity index (χ2n) is 6.76. The van der Waals surface area contributed by atoms with Crippen LogP contribution < -0.4 is 0 Å². The predicted molar refractivity (Wildman–Crippen MR) is 97.0 cm³/mol. The summed E-state index contributed by atoms with van der Waals surface area (Å²) >= 11 is 0. The summed E-state index contributed by atoms with van der Waals surface area (Å²) in [6, 6.07) is 9.40. The smallest absolute Gasteiger partial charge is 0.358 e. The van der Waals surface area contributed by atoms with Gasteiger partial charge in [-0.1, -0.05) is 28.6 Å². The van der Waals surface area contributed by atoms with Crippen LogP contribution in [0.5, 0.6) is 0 Å². The number of carboxylic acid groups (broad SMARTS) is 1. The number of carbonyl (C=O) groups excluding carboxylic acids is 1. The Bertz CT molecular complexity index is 982. The van der Waals surface area contributed by atoms with Crippen LogP contribution in [-0.2, 0) is 6.54 Å². The predicted octanol–water partition coefficient (Wildman–Crippen LogP) is 1.11. The number of hydrogen-bond donors (Lipinski definition) is 1. The molecule has 3 heterocycles. The molecule has 1 aromatic carbocycles. The van der Waals surface area contributed by atoms with E-state index in [9.17, 15) is 9.59 Å². The zero-order chi connectivity index (χ0) is 19.5. The molecular formula is C18H19N7O3. The molecule has 1 aliphatic rings. The van der Waals surface area contributed by atoms with E-state index in [0.717, 1.165) is 18.5 Å². The Balaban J connectivity index is 1.47. The molecule has 0 spiro atoms. The molecule has 1 fully saturated rings. The first-order valence-electron chi connectivity index (χ1n) is 9.00. The number of carboxylic acids is 1. The summed E-state index contributed by atoms with van der Waals surface area (Å²) in [6.07, 6.45) is 4.69. The fourth-order valence-corrected chi connectivity index (χ4v) is 3.45. The van der Waals surface area contributed by atoms with Crippen molar-refractivity contribution in [2.75, 3.05) is 13.1 Å². The van der Waals surface area contributed by atoms with Crippen molar-refractivity contribution in [3.63, 3.8) is 0 Å². The number of piperidine rings is 1. The van der Waals surface area contributed by atoms with Crippen LogP contribution in [0.2, 0.25) is 0 Å². The average molecular weight is 381 g/mol. The molecule has 10 nitrogen and oxygen atoms in total. The number of hydrogen-bond acceptors (Lipinski definition) is 6. The quantitative estimate of drug-likeness (QED) is 0.703. The maximum absolute atomic E-state index is 13.1. The van der Waals surface area contributed by atoms with Crippen LogP contribution in [0.4, 0.5) is 0 Å². The molecule has 1 amide bonds. The summed E-state index contributed by atoms with van der Waals surface area (Å²) in [5.74, 6) is -1.06. The molecule has 3 aromatic rings. The molecule has 4 rings (SSSR count). The average Bonchev–Trinajstić information content (AvgIpc) is 3.38. The Labute approximate surface area is 160 Å². The normalized spacial score (nSPS) is 16.9. The van der Waals surface area contributed by atoms with Gasteiger partial charge in [-0.05, 0) is 30.9 Å². The molecule has 0 aliphatic carbocycles. The number of amides is 1. The monoisotopic (exact) mass is 381 g/mol. The Morgan fingerprint density at radius 1 is 1.18 bits per heavy atom. The van der Waals surface area contributed by atoms with Crippen LogP contribution in [-0.4, -0.2) is 65.0 Å². The van der Waals surface area contributed by atoms with Crippen molar-refractivity contribution in [1.82, 2.24) is 34.9 Å². The van der Waals surface area contributed by atoms with Gasteiger partial charge in [-0.25, -0.2) is 9.48 Å². The molecule has 0 unspecified atom stereocenters. The number of likely N-dealkylation sites (tertiary alicyclic amines) is 1. The minimum atomic E-state index is -1.10. The first-order chi connectivity index (χ1) is 13.6. The van der Waals surface area contributed by atoms with E-state index < -0.39 is 5.97 Å². The van der Waals surface area contributed by atoms with Gasteiger partial charge in [0.25, 0.3) is 5.91 Å². The number of para-hydroxylation sites is 1. The van der Waals surface area contributed by atoms with Gasteiger partial charge in [-0.2, -0.15) is 0 Å². The zero-order valence-corrected chi connectivity index (χ0v) is 15.0. The highest BCUT2D eigenvalue weighted by Gasteiger charge is 2.27. The fraction of sp³-hybridized carbons (Fsp3) is 0.333. The summed E-state index contributed by atoms with van der Waals surface area (Å²) in [5.41, 5.74) is 1.11.